The highest BCUT2D eigenvalue weighted by molar-refractivity contribution is 9.10. The summed E-state index contributed by atoms with van der Waals surface area (Å²) in [7, 11) is 2.01. The van der Waals surface area contributed by atoms with Crippen molar-refractivity contribution in [3.05, 3.63) is 34.3 Å². The molecule has 3 nitrogen and oxygen atoms in total. The highest BCUT2D eigenvalue weighted by atomic mass is 79.9. The number of aliphatic hydroxyl groups is 1. The van der Waals surface area contributed by atoms with E-state index in [2.05, 4.69) is 33.8 Å². The summed E-state index contributed by atoms with van der Waals surface area (Å²) in [4.78, 5) is 2.12. The molecule has 0 aliphatic heterocycles. The molecule has 0 aromatic heterocycles. The molecular weight excluding hydrogens is 292 g/mol. The predicted octanol–water partition coefficient (Wildman–Crippen LogP) is 2.54. The highest BCUT2D eigenvalue weighted by Gasteiger charge is 2.25. The van der Waals surface area contributed by atoms with Gasteiger partial charge in [0.1, 0.15) is 0 Å². The van der Waals surface area contributed by atoms with E-state index in [1.54, 1.807) is 6.92 Å². The van der Waals surface area contributed by atoms with Crippen LogP contribution in [0.25, 0.3) is 0 Å². The van der Waals surface area contributed by atoms with E-state index in [-0.39, 0.29) is 18.2 Å². The topological polar surface area (TPSA) is 49.5 Å². The number of aliphatic hydroxyl groups excluding tert-OH is 1. The van der Waals surface area contributed by atoms with Crippen LogP contribution in [0.3, 0.4) is 0 Å². The van der Waals surface area contributed by atoms with E-state index < -0.39 is 0 Å². The summed E-state index contributed by atoms with van der Waals surface area (Å²) >= 11 is 3.58. The van der Waals surface area contributed by atoms with Crippen LogP contribution in [0.2, 0.25) is 0 Å². The van der Waals surface area contributed by atoms with Crippen LogP contribution in [0.5, 0.6) is 0 Å². The van der Waals surface area contributed by atoms with Crippen LogP contribution in [0.15, 0.2) is 28.7 Å². The molecular formula is C14H23BrN2O. The maximum atomic E-state index is 9.55. The molecule has 1 aromatic carbocycles. The molecule has 3 unspecified atom stereocenters. The Morgan fingerprint density at radius 1 is 1.39 bits per heavy atom. The van der Waals surface area contributed by atoms with Crippen molar-refractivity contribution in [1.29, 1.82) is 0 Å². The van der Waals surface area contributed by atoms with Crippen molar-refractivity contribution in [3.8, 4) is 0 Å². The number of hydrogen-bond acceptors (Lipinski definition) is 3. The molecule has 0 fully saturated rings. The molecule has 0 aliphatic rings. The predicted molar refractivity (Wildman–Crippen MR) is 79.5 cm³/mol. The van der Waals surface area contributed by atoms with Gasteiger partial charge in [-0.3, -0.25) is 4.90 Å². The van der Waals surface area contributed by atoms with E-state index in [0.717, 1.165) is 10.9 Å². The summed E-state index contributed by atoms with van der Waals surface area (Å²) in [5, 5.41) is 9.55. The first kappa shape index (κ1) is 15.6. The van der Waals surface area contributed by atoms with E-state index in [4.69, 9.17) is 5.73 Å². The fourth-order valence-electron chi connectivity index (χ4n) is 2.26. The molecule has 18 heavy (non-hydrogen) atoms. The normalized spacial score (nSPS) is 16.6. The third-order valence-electron chi connectivity index (χ3n) is 3.13. The SMILES string of the molecule is CCC(N)C(c1ccccc1Br)N(C)CC(C)O. The van der Waals surface area contributed by atoms with Crippen LogP contribution < -0.4 is 5.73 Å². The van der Waals surface area contributed by atoms with E-state index >= 15 is 0 Å². The quantitative estimate of drug-likeness (QED) is 0.848. The van der Waals surface area contributed by atoms with Gasteiger partial charge in [-0.2, -0.15) is 0 Å². The van der Waals surface area contributed by atoms with Crippen LogP contribution in [-0.4, -0.2) is 35.7 Å². The number of nitrogens with two attached hydrogens (primary N) is 1. The second-order valence-electron chi connectivity index (χ2n) is 4.83. The second-order valence-corrected chi connectivity index (χ2v) is 5.68. The van der Waals surface area contributed by atoms with E-state index in [1.165, 1.54) is 5.56 Å². The summed E-state index contributed by atoms with van der Waals surface area (Å²) in [6, 6.07) is 8.29. The summed E-state index contributed by atoms with van der Waals surface area (Å²) in [6.07, 6.45) is 0.542. The third-order valence-corrected chi connectivity index (χ3v) is 3.85. The molecule has 102 valence electrons. The largest absolute Gasteiger partial charge is 0.392 e. The molecule has 3 N–H and O–H groups in total. The van der Waals surface area contributed by atoms with Crippen molar-refractivity contribution in [3.63, 3.8) is 0 Å². The van der Waals surface area contributed by atoms with Gasteiger partial charge in [-0.15, -0.1) is 0 Å². The van der Waals surface area contributed by atoms with Crippen molar-refractivity contribution in [2.75, 3.05) is 13.6 Å². The minimum absolute atomic E-state index is 0.0486. The molecule has 0 amide bonds. The number of rotatable bonds is 6. The van der Waals surface area contributed by atoms with Crippen molar-refractivity contribution in [2.24, 2.45) is 5.73 Å². The zero-order valence-electron chi connectivity index (χ0n) is 11.3. The lowest BCUT2D eigenvalue weighted by molar-refractivity contribution is 0.107. The number of hydrogen-bond donors (Lipinski definition) is 2. The summed E-state index contributed by atoms with van der Waals surface area (Å²) in [5.41, 5.74) is 7.43. The maximum absolute atomic E-state index is 9.55. The standard InChI is InChI=1S/C14H23BrN2O/c1-4-13(16)14(17(3)9-10(2)18)11-7-5-6-8-12(11)15/h5-8,10,13-14,18H,4,9,16H2,1-3H3. The first-order valence-corrected chi connectivity index (χ1v) is 7.15. The number of nitrogens with zero attached hydrogens (tertiary/aromatic N) is 1. The second kappa shape index (κ2) is 7.24. The van der Waals surface area contributed by atoms with Crippen molar-refractivity contribution >= 4 is 15.9 Å². The Hall–Kier alpha value is -0.420. The molecule has 0 saturated heterocycles. The van der Waals surface area contributed by atoms with E-state index in [9.17, 15) is 5.11 Å². The van der Waals surface area contributed by atoms with Crippen molar-refractivity contribution < 1.29 is 5.11 Å². The molecule has 4 heteroatoms. The minimum atomic E-state index is -0.357. The van der Waals surface area contributed by atoms with Gasteiger partial charge in [0.25, 0.3) is 0 Å². The number of benzene rings is 1. The molecule has 0 radical (unpaired) electrons. The molecule has 1 aromatic rings. The van der Waals surface area contributed by atoms with Gasteiger partial charge < -0.3 is 10.8 Å². The Bertz CT molecular complexity index is 371. The lowest BCUT2D eigenvalue weighted by Crippen LogP contribution is -2.41. The first-order valence-electron chi connectivity index (χ1n) is 6.35. The Kier molecular flexibility index (Phi) is 6.29. The number of likely N-dealkylation sites (N-methyl/N-ethyl adjacent to an activating group) is 1. The fraction of sp³-hybridized carbons (Fsp3) is 0.571. The molecule has 3 atom stereocenters. The van der Waals surface area contributed by atoms with Gasteiger partial charge in [-0.25, -0.2) is 0 Å². The summed E-state index contributed by atoms with van der Waals surface area (Å²) in [6.45, 7) is 4.50. The zero-order valence-corrected chi connectivity index (χ0v) is 12.9. The average Bonchev–Trinajstić information content (AvgIpc) is 2.30. The minimum Gasteiger partial charge on any atom is -0.392 e. The van der Waals surface area contributed by atoms with Gasteiger partial charge >= 0.3 is 0 Å². The molecule has 0 spiro atoms. The van der Waals surface area contributed by atoms with Crippen molar-refractivity contribution in [1.82, 2.24) is 4.90 Å². The van der Waals surface area contributed by atoms with Gasteiger partial charge in [-0.05, 0) is 32.0 Å². The van der Waals surface area contributed by atoms with Crippen LogP contribution >= 0.6 is 15.9 Å². The van der Waals surface area contributed by atoms with Crippen LogP contribution in [-0.2, 0) is 0 Å². The Morgan fingerprint density at radius 2 is 2.00 bits per heavy atom. The third kappa shape index (κ3) is 4.05. The van der Waals surface area contributed by atoms with Crippen LogP contribution in [0, 0.1) is 0 Å². The van der Waals surface area contributed by atoms with Crippen molar-refractivity contribution in [2.45, 2.75) is 38.5 Å². The first-order chi connectivity index (χ1) is 8.47. The van der Waals surface area contributed by atoms with Gasteiger partial charge in [0, 0.05) is 17.1 Å². The van der Waals surface area contributed by atoms with Crippen LogP contribution in [0.4, 0.5) is 0 Å². The highest BCUT2D eigenvalue weighted by Crippen LogP contribution is 2.30. The lowest BCUT2D eigenvalue weighted by atomic mass is 9.96. The monoisotopic (exact) mass is 314 g/mol. The Balaban J connectivity index is 3.02. The summed E-state index contributed by atoms with van der Waals surface area (Å²) in [5.74, 6) is 0. The zero-order chi connectivity index (χ0) is 13.7. The summed E-state index contributed by atoms with van der Waals surface area (Å²) < 4.78 is 1.07. The van der Waals surface area contributed by atoms with E-state index in [1.807, 2.05) is 25.2 Å². The molecule has 0 saturated carbocycles. The molecule has 0 aliphatic carbocycles. The van der Waals surface area contributed by atoms with Gasteiger partial charge in [0.2, 0.25) is 0 Å². The lowest BCUT2D eigenvalue weighted by Gasteiger charge is -2.34. The molecule has 0 heterocycles. The molecule has 0 bridgehead atoms. The molecule has 1 rings (SSSR count). The number of halogens is 1. The van der Waals surface area contributed by atoms with Gasteiger partial charge in [0.05, 0.1) is 12.1 Å². The smallest absolute Gasteiger partial charge is 0.0639 e. The van der Waals surface area contributed by atoms with E-state index in [0.29, 0.717) is 6.54 Å². The average molecular weight is 315 g/mol. The Labute approximate surface area is 118 Å². The van der Waals surface area contributed by atoms with Crippen LogP contribution in [0.1, 0.15) is 31.9 Å². The maximum Gasteiger partial charge on any atom is 0.0639 e. The van der Waals surface area contributed by atoms with Gasteiger partial charge in [0.15, 0.2) is 0 Å². The van der Waals surface area contributed by atoms with Gasteiger partial charge in [-0.1, -0.05) is 41.1 Å². The Morgan fingerprint density at radius 3 is 2.50 bits per heavy atom. The fourth-order valence-corrected chi connectivity index (χ4v) is 2.78.